The van der Waals surface area contributed by atoms with Crippen LogP contribution in [0.5, 0.6) is 0 Å². The molecule has 6 heteroatoms. The third kappa shape index (κ3) is 12.1. The Bertz CT molecular complexity index is 207. The summed E-state index contributed by atoms with van der Waals surface area (Å²) in [5.41, 5.74) is 0. The van der Waals surface area contributed by atoms with Crippen molar-refractivity contribution >= 4 is 5.97 Å². The van der Waals surface area contributed by atoms with E-state index < -0.39 is 0 Å². The summed E-state index contributed by atoms with van der Waals surface area (Å²) in [6.07, 6.45) is 0.421. The van der Waals surface area contributed by atoms with Crippen LogP contribution >= 0.6 is 0 Å². The molecule has 0 aliphatic heterocycles. The van der Waals surface area contributed by atoms with E-state index >= 15 is 0 Å². The highest BCUT2D eigenvalue weighted by molar-refractivity contribution is 5.69. The number of carbonyl (C=O) groups excluding carboxylic acids is 1. The lowest BCUT2D eigenvalue weighted by atomic mass is 10.4. The predicted octanol–water partition coefficient (Wildman–Crippen LogP) is 0.124. The van der Waals surface area contributed by atoms with Crippen LogP contribution in [0.15, 0.2) is 0 Å². The van der Waals surface area contributed by atoms with Gasteiger partial charge in [-0.05, 0) is 6.92 Å². The Morgan fingerprint density at radius 2 is 1.68 bits per heavy atom. The van der Waals surface area contributed by atoms with Gasteiger partial charge in [-0.2, -0.15) is 0 Å². The molecule has 0 saturated carbocycles. The van der Waals surface area contributed by atoms with E-state index in [0.29, 0.717) is 32.8 Å². The molecule has 0 spiro atoms. The molecule has 0 heterocycles. The molecule has 0 rings (SSSR count). The third-order valence-electron chi connectivity index (χ3n) is 2.64. The molecule has 114 valence electrons. The molecular formula is C13H28N2O4. The van der Waals surface area contributed by atoms with Gasteiger partial charge in [-0.25, -0.2) is 0 Å². The van der Waals surface area contributed by atoms with Crippen LogP contribution in [0.25, 0.3) is 0 Å². The molecule has 0 radical (unpaired) electrons. The first-order chi connectivity index (χ1) is 9.24. The van der Waals surface area contributed by atoms with Gasteiger partial charge in [-0.15, -0.1) is 0 Å². The van der Waals surface area contributed by atoms with Gasteiger partial charge in [-0.3, -0.25) is 9.69 Å². The minimum atomic E-state index is -0.148. The molecule has 1 N–H and O–H groups in total. The molecule has 0 aliphatic carbocycles. The maximum Gasteiger partial charge on any atom is 0.307 e. The van der Waals surface area contributed by atoms with Crippen molar-refractivity contribution in [1.82, 2.24) is 10.2 Å². The van der Waals surface area contributed by atoms with Crippen LogP contribution in [-0.4, -0.2) is 77.6 Å². The molecule has 0 amide bonds. The van der Waals surface area contributed by atoms with Gasteiger partial charge in [-0.1, -0.05) is 0 Å². The van der Waals surface area contributed by atoms with Crippen LogP contribution in [0.2, 0.25) is 0 Å². The minimum Gasteiger partial charge on any atom is -0.466 e. The molecule has 0 aromatic rings. The first-order valence-electron chi connectivity index (χ1n) is 6.81. The zero-order valence-corrected chi connectivity index (χ0v) is 12.4. The fraction of sp³-hybridized carbons (Fsp3) is 0.923. The molecule has 0 bridgehead atoms. The third-order valence-corrected chi connectivity index (χ3v) is 2.64. The monoisotopic (exact) mass is 276 g/mol. The number of hydrogen-bond donors (Lipinski definition) is 1. The molecule has 0 atom stereocenters. The Hall–Kier alpha value is -0.690. The van der Waals surface area contributed by atoms with E-state index in [2.05, 4.69) is 10.2 Å². The van der Waals surface area contributed by atoms with Crippen LogP contribution < -0.4 is 5.32 Å². The van der Waals surface area contributed by atoms with Gasteiger partial charge in [0.15, 0.2) is 0 Å². The van der Waals surface area contributed by atoms with E-state index in [-0.39, 0.29) is 5.97 Å². The zero-order valence-electron chi connectivity index (χ0n) is 12.4. The van der Waals surface area contributed by atoms with E-state index in [1.54, 1.807) is 14.2 Å². The molecule has 19 heavy (non-hydrogen) atoms. The highest BCUT2D eigenvalue weighted by Crippen LogP contribution is 1.89. The fourth-order valence-corrected chi connectivity index (χ4v) is 1.56. The topological polar surface area (TPSA) is 60.0 Å². The number of hydrogen-bond acceptors (Lipinski definition) is 6. The predicted molar refractivity (Wildman–Crippen MR) is 74.3 cm³/mol. The smallest absolute Gasteiger partial charge is 0.307 e. The van der Waals surface area contributed by atoms with E-state index in [1.165, 1.54) is 0 Å². The second-order valence-corrected chi connectivity index (χ2v) is 4.13. The SMILES string of the molecule is CCOC(=O)CCNCCN(CCOC)CCOC. The molecule has 0 aromatic carbocycles. The van der Waals surface area contributed by atoms with Crippen LogP contribution in [0, 0.1) is 0 Å². The van der Waals surface area contributed by atoms with Crippen molar-refractivity contribution in [2.24, 2.45) is 0 Å². The van der Waals surface area contributed by atoms with Gasteiger partial charge < -0.3 is 19.5 Å². The highest BCUT2D eigenvalue weighted by atomic mass is 16.5. The van der Waals surface area contributed by atoms with Gasteiger partial charge in [0.2, 0.25) is 0 Å². The van der Waals surface area contributed by atoms with Crippen LogP contribution in [0.1, 0.15) is 13.3 Å². The van der Waals surface area contributed by atoms with Gasteiger partial charge in [0, 0.05) is 46.9 Å². The Kier molecular flexibility index (Phi) is 13.2. The number of nitrogens with zero attached hydrogens (tertiary/aromatic N) is 1. The van der Waals surface area contributed by atoms with Crippen LogP contribution in [-0.2, 0) is 19.0 Å². The van der Waals surface area contributed by atoms with E-state index in [1.807, 2.05) is 6.92 Å². The summed E-state index contributed by atoms with van der Waals surface area (Å²) in [6.45, 7) is 7.87. The Balaban J connectivity index is 3.58. The van der Waals surface area contributed by atoms with E-state index in [9.17, 15) is 4.79 Å². The van der Waals surface area contributed by atoms with Crippen molar-refractivity contribution in [3.63, 3.8) is 0 Å². The average Bonchev–Trinajstić information content (AvgIpc) is 2.41. The van der Waals surface area contributed by atoms with Crippen LogP contribution in [0.4, 0.5) is 0 Å². The largest absolute Gasteiger partial charge is 0.466 e. The summed E-state index contributed by atoms with van der Waals surface area (Å²) < 4.78 is 15.0. The average molecular weight is 276 g/mol. The van der Waals surface area contributed by atoms with Crippen molar-refractivity contribution in [2.75, 3.05) is 66.8 Å². The first-order valence-corrected chi connectivity index (χ1v) is 6.81. The summed E-state index contributed by atoms with van der Waals surface area (Å²) >= 11 is 0. The highest BCUT2D eigenvalue weighted by Gasteiger charge is 2.04. The van der Waals surface area contributed by atoms with Crippen molar-refractivity contribution in [2.45, 2.75) is 13.3 Å². The summed E-state index contributed by atoms with van der Waals surface area (Å²) in [5.74, 6) is -0.148. The van der Waals surface area contributed by atoms with Gasteiger partial charge in [0.25, 0.3) is 0 Å². The second kappa shape index (κ2) is 13.7. The molecular weight excluding hydrogens is 248 g/mol. The normalized spacial score (nSPS) is 10.9. The molecule has 0 aliphatic rings. The lowest BCUT2D eigenvalue weighted by Crippen LogP contribution is -2.37. The Labute approximate surface area is 116 Å². The molecule has 0 unspecified atom stereocenters. The van der Waals surface area contributed by atoms with Crippen molar-refractivity contribution in [1.29, 1.82) is 0 Å². The Morgan fingerprint density at radius 1 is 1.05 bits per heavy atom. The molecule has 0 fully saturated rings. The van der Waals surface area contributed by atoms with Crippen LogP contribution in [0.3, 0.4) is 0 Å². The van der Waals surface area contributed by atoms with Gasteiger partial charge >= 0.3 is 5.97 Å². The Morgan fingerprint density at radius 3 is 2.21 bits per heavy atom. The maximum absolute atomic E-state index is 11.1. The summed E-state index contributed by atoms with van der Waals surface area (Å²) in [6, 6.07) is 0. The van der Waals surface area contributed by atoms with E-state index in [4.69, 9.17) is 14.2 Å². The maximum atomic E-state index is 11.1. The van der Waals surface area contributed by atoms with Gasteiger partial charge in [0.05, 0.1) is 26.2 Å². The number of ether oxygens (including phenoxy) is 3. The standard InChI is InChI=1S/C13H28N2O4/c1-4-19-13(16)5-6-14-7-8-15(9-11-17-2)10-12-18-3/h14H,4-12H2,1-3H3. The number of methoxy groups -OCH3 is 2. The van der Waals surface area contributed by atoms with E-state index in [0.717, 1.165) is 26.2 Å². The summed E-state index contributed by atoms with van der Waals surface area (Å²) in [5, 5.41) is 3.23. The van der Waals surface area contributed by atoms with Gasteiger partial charge in [0.1, 0.15) is 0 Å². The summed E-state index contributed by atoms with van der Waals surface area (Å²) in [4.78, 5) is 13.4. The van der Waals surface area contributed by atoms with Crippen molar-refractivity contribution in [3.05, 3.63) is 0 Å². The van der Waals surface area contributed by atoms with Crippen molar-refractivity contribution < 1.29 is 19.0 Å². The first kappa shape index (κ1) is 18.3. The lowest BCUT2D eigenvalue weighted by Gasteiger charge is -2.21. The fourth-order valence-electron chi connectivity index (χ4n) is 1.56. The second-order valence-electron chi connectivity index (χ2n) is 4.13. The summed E-state index contributed by atoms with van der Waals surface area (Å²) in [7, 11) is 3.40. The lowest BCUT2D eigenvalue weighted by molar-refractivity contribution is -0.142. The number of rotatable bonds is 13. The quantitative estimate of drug-likeness (QED) is 0.381. The van der Waals surface area contributed by atoms with Crippen molar-refractivity contribution in [3.8, 4) is 0 Å². The number of nitrogens with one attached hydrogen (secondary N) is 1. The number of carbonyl (C=O) groups is 1. The number of esters is 1. The molecule has 0 saturated heterocycles. The molecule has 0 aromatic heterocycles. The minimum absolute atomic E-state index is 0.148. The zero-order chi connectivity index (χ0) is 14.3. The molecule has 6 nitrogen and oxygen atoms in total.